The quantitative estimate of drug-likeness (QED) is 0.341. The first kappa shape index (κ1) is 23.6. The molecule has 1 aliphatic rings. The fourth-order valence-electron chi connectivity index (χ4n) is 3.86. The lowest BCUT2D eigenvalue weighted by Gasteiger charge is -2.28. The van der Waals surface area contributed by atoms with Crippen molar-refractivity contribution in [2.75, 3.05) is 33.8 Å². The molecule has 170 valence electrons. The van der Waals surface area contributed by atoms with E-state index in [1.54, 1.807) is 42.7 Å². The number of carbonyl (C=O) groups is 3. The number of Topliss-reactive ketones (excluding diaryl/α,β-unsaturated/α-hetero) is 2. The summed E-state index contributed by atoms with van der Waals surface area (Å²) in [6.07, 6.45) is 3.25. The minimum Gasteiger partial charge on any atom is -0.493 e. The third-order valence-corrected chi connectivity index (χ3v) is 5.53. The van der Waals surface area contributed by atoms with Crippen LogP contribution in [0.4, 0.5) is 0 Å². The fraction of sp³-hybridized carbons (Fsp3) is 0.440. The molecule has 0 radical (unpaired) electrons. The van der Waals surface area contributed by atoms with Crippen molar-refractivity contribution in [2.45, 2.75) is 26.8 Å². The first-order valence-corrected chi connectivity index (χ1v) is 10.9. The molecule has 1 aromatic carbocycles. The van der Waals surface area contributed by atoms with Crippen LogP contribution in [0.25, 0.3) is 0 Å². The molecule has 1 fully saturated rings. The third kappa shape index (κ3) is 5.05. The number of ketones is 2. The standard InChI is InChI=1S/C25H31N3O4/c1-16(2)15-32-20-9-8-18(13-17(20)3)23(29)21-22(19-7-6-10-26-14-19)28(12-11-27(4)5)25(31)24(21)30/h6-10,13-14,16,21-22H,11-12,15H2,1-5H3. The van der Waals surface area contributed by atoms with Crippen LogP contribution in [0.5, 0.6) is 5.75 Å². The van der Waals surface area contributed by atoms with Gasteiger partial charge in [-0.1, -0.05) is 19.9 Å². The van der Waals surface area contributed by atoms with Crippen LogP contribution in [-0.4, -0.2) is 66.0 Å². The molecule has 2 unspecified atom stereocenters. The fourth-order valence-corrected chi connectivity index (χ4v) is 3.86. The molecule has 0 N–H and O–H groups in total. The molecule has 2 atom stereocenters. The average molecular weight is 438 g/mol. The number of hydrogen-bond donors (Lipinski definition) is 0. The number of aromatic nitrogens is 1. The van der Waals surface area contributed by atoms with Gasteiger partial charge < -0.3 is 14.5 Å². The molecule has 0 aliphatic carbocycles. The molecule has 1 aliphatic heterocycles. The van der Waals surface area contributed by atoms with Crippen molar-refractivity contribution < 1.29 is 19.1 Å². The van der Waals surface area contributed by atoms with Crippen molar-refractivity contribution in [1.29, 1.82) is 0 Å². The Balaban J connectivity index is 1.94. The topological polar surface area (TPSA) is 79.8 Å². The average Bonchev–Trinajstić information content (AvgIpc) is 3.01. The molecule has 0 spiro atoms. The summed E-state index contributed by atoms with van der Waals surface area (Å²) in [5.74, 6) is -1.65. The van der Waals surface area contributed by atoms with Crippen molar-refractivity contribution in [3.05, 3.63) is 59.4 Å². The maximum atomic E-state index is 13.5. The molecule has 1 amide bonds. The highest BCUT2D eigenvalue weighted by Crippen LogP contribution is 2.38. The number of benzene rings is 1. The first-order valence-electron chi connectivity index (χ1n) is 10.9. The van der Waals surface area contributed by atoms with E-state index in [0.29, 0.717) is 42.5 Å². The molecular formula is C25H31N3O4. The number of aryl methyl sites for hydroxylation is 1. The number of amides is 1. The van der Waals surface area contributed by atoms with Gasteiger partial charge in [0.1, 0.15) is 11.7 Å². The van der Waals surface area contributed by atoms with E-state index in [9.17, 15) is 14.4 Å². The van der Waals surface area contributed by atoms with Gasteiger partial charge >= 0.3 is 0 Å². The molecular weight excluding hydrogens is 406 g/mol. The number of pyridine rings is 1. The third-order valence-electron chi connectivity index (χ3n) is 5.53. The van der Waals surface area contributed by atoms with Gasteiger partial charge in [-0.15, -0.1) is 0 Å². The summed E-state index contributed by atoms with van der Waals surface area (Å²) in [4.78, 5) is 47.0. The molecule has 32 heavy (non-hydrogen) atoms. The second-order valence-electron chi connectivity index (χ2n) is 8.92. The maximum absolute atomic E-state index is 13.5. The molecule has 3 rings (SSSR count). The molecule has 0 saturated carbocycles. The van der Waals surface area contributed by atoms with Gasteiger partial charge in [-0.2, -0.15) is 0 Å². The van der Waals surface area contributed by atoms with Crippen LogP contribution in [0.15, 0.2) is 42.7 Å². The number of likely N-dealkylation sites (N-methyl/N-ethyl adjacent to an activating group) is 1. The van der Waals surface area contributed by atoms with Crippen LogP contribution >= 0.6 is 0 Å². The zero-order valence-corrected chi connectivity index (χ0v) is 19.4. The smallest absolute Gasteiger partial charge is 0.291 e. The van der Waals surface area contributed by atoms with Gasteiger partial charge in [0.05, 0.1) is 12.6 Å². The molecule has 7 heteroatoms. The normalized spacial score (nSPS) is 18.7. The predicted molar refractivity (Wildman–Crippen MR) is 122 cm³/mol. The summed E-state index contributed by atoms with van der Waals surface area (Å²) in [5, 5.41) is 0. The minimum atomic E-state index is -1.10. The Labute approximate surface area is 189 Å². The number of hydrogen-bond acceptors (Lipinski definition) is 6. The summed E-state index contributed by atoms with van der Waals surface area (Å²) >= 11 is 0. The lowest BCUT2D eigenvalue weighted by molar-refractivity contribution is -0.140. The Morgan fingerprint density at radius 3 is 2.56 bits per heavy atom. The monoisotopic (exact) mass is 437 g/mol. The van der Waals surface area contributed by atoms with Crippen LogP contribution in [-0.2, 0) is 9.59 Å². The Morgan fingerprint density at radius 2 is 1.97 bits per heavy atom. The van der Waals surface area contributed by atoms with E-state index in [2.05, 4.69) is 18.8 Å². The van der Waals surface area contributed by atoms with Crippen molar-refractivity contribution in [3.63, 3.8) is 0 Å². The largest absolute Gasteiger partial charge is 0.493 e. The van der Waals surface area contributed by atoms with Crippen molar-refractivity contribution >= 4 is 17.5 Å². The summed E-state index contributed by atoms with van der Waals surface area (Å²) in [6.45, 7) is 7.51. The van der Waals surface area contributed by atoms with Crippen LogP contribution in [0.1, 0.15) is 41.4 Å². The Hall–Kier alpha value is -3.06. The molecule has 0 bridgehead atoms. The maximum Gasteiger partial charge on any atom is 0.291 e. The van der Waals surface area contributed by atoms with Crippen LogP contribution in [0.3, 0.4) is 0 Å². The van der Waals surface area contributed by atoms with Gasteiger partial charge in [0.2, 0.25) is 5.78 Å². The highest BCUT2D eigenvalue weighted by atomic mass is 16.5. The first-order chi connectivity index (χ1) is 15.2. The SMILES string of the molecule is Cc1cc(C(=O)C2C(=O)C(=O)N(CCN(C)C)C2c2cccnc2)ccc1OCC(C)C. The molecule has 1 aromatic heterocycles. The van der Waals surface area contributed by atoms with Gasteiger partial charge in [-0.25, -0.2) is 0 Å². The number of carbonyl (C=O) groups excluding carboxylic acids is 3. The highest BCUT2D eigenvalue weighted by Gasteiger charge is 2.51. The van der Waals surface area contributed by atoms with Crippen LogP contribution < -0.4 is 4.74 Å². The number of rotatable bonds is 9. The number of nitrogens with zero attached hydrogens (tertiary/aromatic N) is 3. The van der Waals surface area contributed by atoms with Gasteiger partial charge in [0.25, 0.3) is 5.91 Å². The lowest BCUT2D eigenvalue weighted by Crippen LogP contribution is -2.36. The van der Waals surface area contributed by atoms with E-state index < -0.39 is 23.7 Å². The molecule has 2 aromatic rings. The molecule has 1 saturated heterocycles. The summed E-state index contributed by atoms with van der Waals surface area (Å²) in [6, 6.07) is 8.05. The van der Waals surface area contributed by atoms with Crippen molar-refractivity contribution in [3.8, 4) is 5.75 Å². The second-order valence-corrected chi connectivity index (χ2v) is 8.92. The van der Waals surface area contributed by atoms with E-state index >= 15 is 0 Å². The van der Waals surface area contributed by atoms with E-state index in [-0.39, 0.29) is 5.78 Å². The summed E-state index contributed by atoms with van der Waals surface area (Å²) in [5.41, 5.74) is 1.89. The van der Waals surface area contributed by atoms with Gasteiger partial charge in [-0.05, 0) is 62.3 Å². The Kier molecular flexibility index (Phi) is 7.40. The predicted octanol–water partition coefficient (Wildman–Crippen LogP) is 2.94. The van der Waals surface area contributed by atoms with Gasteiger partial charge in [0.15, 0.2) is 5.78 Å². The molecule has 2 heterocycles. The second kappa shape index (κ2) is 10.0. The zero-order chi connectivity index (χ0) is 23.4. The molecule has 7 nitrogen and oxygen atoms in total. The van der Waals surface area contributed by atoms with Gasteiger partial charge in [-0.3, -0.25) is 19.4 Å². The Morgan fingerprint density at radius 1 is 1.22 bits per heavy atom. The minimum absolute atomic E-state index is 0.349. The van der Waals surface area contributed by atoms with E-state index in [4.69, 9.17) is 4.74 Å². The zero-order valence-electron chi connectivity index (χ0n) is 19.4. The number of ether oxygens (including phenoxy) is 1. The summed E-state index contributed by atoms with van der Waals surface area (Å²) in [7, 11) is 3.80. The highest BCUT2D eigenvalue weighted by molar-refractivity contribution is 6.44. The van der Waals surface area contributed by atoms with Gasteiger partial charge in [0, 0.05) is 31.0 Å². The Bertz CT molecular complexity index is 988. The van der Waals surface area contributed by atoms with E-state index in [1.165, 1.54) is 4.90 Å². The van der Waals surface area contributed by atoms with Crippen LogP contribution in [0.2, 0.25) is 0 Å². The lowest BCUT2D eigenvalue weighted by atomic mass is 9.86. The van der Waals surface area contributed by atoms with E-state index in [1.807, 2.05) is 25.9 Å². The van der Waals surface area contributed by atoms with Crippen molar-refractivity contribution in [2.24, 2.45) is 11.8 Å². The van der Waals surface area contributed by atoms with E-state index in [0.717, 1.165) is 5.56 Å². The number of likely N-dealkylation sites (tertiary alicyclic amines) is 1. The van der Waals surface area contributed by atoms with Crippen molar-refractivity contribution in [1.82, 2.24) is 14.8 Å². The summed E-state index contributed by atoms with van der Waals surface area (Å²) < 4.78 is 5.80. The van der Waals surface area contributed by atoms with Crippen LogP contribution in [0, 0.1) is 18.8 Å².